The van der Waals surface area contributed by atoms with Gasteiger partial charge in [0.05, 0.1) is 7.11 Å². The van der Waals surface area contributed by atoms with Crippen LogP contribution < -0.4 is 5.73 Å². The number of methoxy groups -OCH3 is 1. The first kappa shape index (κ1) is 12.2. The van der Waals surface area contributed by atoms with Gasteiger partial charge in [0.2, 0.25) is 0 Å². The van der Waals surface area contributed by atoms with Crippen LogP contribution in [0.2, 0.25) is 0 Å². The molecular formula is C14H16N2O2. The normalized spacial score (nSPS) is 10.3. The summed E-state index contributed by atoms with van der Waals surface area (Å²) in [6.45, 7) is 2.71. The highest BCUT2D eigenvalue weighted by Crippen LogP contribution is 2.23. The van der Waals surface area contributed by atoms with Gasteiger partial charge < -0.3 is 15.0 Å². The molecule has 1 heterocycles. The third kappa shape index (κ3) is 2.22. The van der Waals surface area contributed by atoms with Crippen LogP contribution in [0.5, 0.6) is 0 Å². The molecule has 2 N–H and O–H groups in total. The molecule has 0 aliphatic rings. The topological polar surface area (TPSA) is 57.2 Å². The molecule has 1 aromatic heterocycles. The van der Waals surface area contributed by atoms with E-state index in [1.807, 2.05) is 48.0 Å². The van der Waals surface area contributed by atoms with Crippen LogP contribution in [-0.4, -0.2) is 17.6 Å². The summed E-state index contributed by atoms with van der Waals surface area (Å²) >= 11 is 0. The lowest BCUT2D eigenvalue weighted by Crippen LogP contribution is -2.08. The molecule has 0 unspecified atom stereocenters. The number of carbonyl (C=O) groups excluding carboxylic acids is 1. The van der Waals surface area contributed by atoms with Crippen molar-refractivity contribution in [2.75, 3.05) is 12.8 Å². The lowest BCUT2D eigenvalue weighted by molar-refractivity contribution is 0.0588. The molecule has 0 radical (unpaired) electrons. The van der Waals surface area contributed by atoms with E-state index < -0.39 is 0 Å². The van der Waals surface area contributed by atoms with Crippen LogP contribution in [0, 0.1) is 0 Å². The standard InChI is InChI=1S/C14H16N2O2/c1-3-16-9-11(8-13(16)14(17)18-2)10-4-6-12(15)7-5-10/h4-9H,3,15H2,1-2H3. The monoisotopic (exact) mass is 244 g/mol. The first-order valence-corrected chi connectivity index (χ1v) is 5.80. The SMILES string of the molecule is CCn1cc(-c2ccc(N)cc2)cc1C(=O)OC. The van der Waals surface area contributed by atoms with E-state index in [-0.39, 0.29) is 5.97 Å². The van der Waals surface area contributed by atoms with E-state index in [1.165, 1.54) is 7.11 Å². The van der Waals surface area contributed by atoms with Crippen molar-refractivity contribution in [2.24, 2.45) is 0 Å². The Morgan fingerprint density at radius 2 is 1.94 bits per heavy atom. The molecule has 0 saturated heterocycles. The number of esters is 1. The predicted octanol–water partition coefficient (Wildman–Crippen LogP) is 2.54. The fourth-order valence-electron chi connectivity index (χ4n) is 1.88. The summed E-state index contributed by atoms with van der Waals surface area (Å²) in [5, 5.41) is 0. The zero-order valence-electron chi connectivity index (χ0n) is 10.5. The summed E-state index contributed by atoms with van der Waals surface area (Å²) in [5.74, 6) is -0.321. The highest BCUT2D eigenvalue weighted by molar-refractivity contribution is 5.89. The number of nitrogens with two attached hydrogens (primary N) is 1. The number of anilines is 1. The minimum absolute atomic E-state index is 0.321. The van der Waals surface area contributed by atoms with Gasteiger partial charge in [0, 0.05) is 24.0 Å². The number of ether oxygens (including phenoxy) is 1. The van der Waals surface area contributed by atoms with Crippen molar-refractivity contribution >= 4 is 11.7 Å². The average molecular weight is 244 g/mol. The van der Waals surface area contributed by atoms with Crippen LogP contribution in [0.25, 0.3) is 11.1 Å². The second-order valence-electron chi connectivity index (χ2n) is 4.01. The predicted molar refractivity (Wildman–Crippen MR) is 71.3 cm³/mol. The molecule has 0 spiro atoms. The zero-order chi connectivity index (χ0) is 13.1. The number of carbonyl (C=O) groups is 1. The van der Waals surface area contributed by atoms with E-state index in [0.717, 1.165) is 23.4 Å². The van der Waals surface area contributed by atoms with Crippen molar-refractivity contribution in [3.05, 3.63) is 42.2 Å². The average Bonchev–Trinajstić information content (AvgIpc) is 2.82. The molecular weight excluding hydrogens is 228 g/mol. The third-order valence-electron chi connectivity index (χ3n) is 2.88. The van der Waals surface area contributed by atoms with Crippen molar-refractivity contribution < 1.29 is 9.53 Å². The van der Waals surface area contributed by atoms with Gasteiger partial charge in [-0.15, -0.1) is 0 Å². The molecule has 4 heteroatoms. The van der Waals surface area contributed by atoms with Gasteiger partial charge in [0.1, 0.15) is 5.69 Å². The number of hydrogen-bond acceptors (Lipinski definition) is 3. The summed E-state index contributed by atoms with van der Waals surface area (Å²) in [6.07, 6.45) is 1.94. The van der Waals surface area contributed by atoms with Crippen LogP contribution >= 0.6 is 0 Å². The molecule has 1 aromatic carbocycles. The quantitative estimate of drug-likeness (QED) is 0.666. The van der Waals surface area contributed by atoms with Gasteiger partial charge in [-0.2, -0.15) is 0 Å². The Bertz CT molecular complexity index is 556. The van der Waals surface area contributed by atoms with E-state index in [4.69, 9.17) is 10.5 Å². The Hall–Kier alpha value is -2.23. The maximum Gasteiger partial charge on any atom is 0.354 e. The molecule has 0 amide bonds. The summed E-state index contributed by atoms with van der Waals surface area (Å²) in [6, 6.07) is 9.39. The van der Waals surface area contributed by atoms with E-state index in [9.17, 15) is 4.79 Å². The van der Waals surface area contributed by atoms with E-state index in [0.29, 0.717) is 5.69 Å². The second kappa shape index (κ2) is 4.96. The van der Waals surface area contributed by atoms with Crippen LogP contribution in [0.1, 0.15) is 17.4 Å². The number of rotatable bonds is 3. The highest BCUT2D eigenvalue weighted by atomic mass is 16.5. The number of aryl methyl sites for hydroxylation is 1. The molecule has 0 aliphatic carbocycles. The summed E-state index contributed by atoms with van der Waals surface area (Å²) in [7, 11) is 1.39. The lowest BCUT2D eigenvalue weighted by atomic mass is 10.1. The maximum atomic E-state index is 11.6. The highest BCUT2D eigenvalue weighted by Gasteiger charge is 2.13. The molecule has 0 atom stereocenters. The Morgan fingerprint density at radius 1 is 1.28 bits per heavy atom. The summed E-state index contributed by atoms with van der Waals surface area (Å²) in [4.78, 5) is 11.6. The van der Waals surface area contributed by atoms with Crippen molar-refractivity contribution in [3.63, 3.8) is 0 Å². The molecule has 2 aromatic rings. The molecule has 0 bridgehead atoms. The van der Waals surface area contributed by atoms with Gasteiger partial charge in [-0.25, -0.2) is 4.79 Å². The minimum Gasteiger partial charge on any atom is -0.464 e. The first-order chi connectivity index (χ1) is 8.65. The van der Waals surface area contributed by atoms with Crippen molar-refractivity contribution in [3.8, 4) is 11.1 Å². The second-order valence-corrected chi connectivity index (χ2v) is 4.01. The maximum absolute atomic E-state index is 11.6. The number of hydrogen-bond donors (Lipinski definition) is 1. The van der Waals surface area contributed by atoms with Crippen molar-refractivity contribution in [1.29, 1.82) is 0 Å². The summed E-state index contributed by atoms with van der Waals surface area (Å²) < 4.78 is 6.64. The van der Waals surface area contributed by atoms with Gasteiger partial charge in [0.25, 0.3) is 0 Å². The smallest absolute Gasteiger partial charge is 0.354 e. The van der Waals surface area contributed by atoms with Crippen LogP contribution in [0.15, 0.2) is 36.5 Å². The van der Waals surface area contributed by atoms with Gasteiger partial charge in [-0.05, 0) is 30.7 Å². The minimum atomic E-state index is -0.321. The first-order valence-electron chi connectivity index (χ1n) is 5.80. The van der Waals surface area contributed by atoms with Gasteiger partial charge >= 0.3 is 5.97 Å². The zero-order valence-corrected chi connectivity index (χ0v) is 10.5. The fraction of sp³-hybridized carbons (Fsp3) is 0.214. The molecule has 2 rings (SSSR count). The molecule has 0 saturated carbocycles. The molecule has 4 nitrogen and oxygen atoms in total. The largest absolute Gasteiger partial charge is 0.464 e. The van der Waals surface area contributed by atoms with Crippen molar-refractivity contribution in [1.82, 2.24) is 4.57 Å². The third-order valence-corrected chi connectivity index (χ3v) is 2.88. The lowest BCUT2D eigenvalue weighted by Gasteiger charge is -2.02. The van der Waals surface area contributed by atoms with Crippen LogP contribution in [0.4, 0.5) is 5.69 Å². The van der Waals surface area contributed by atoms with Crippen molar-refractivity contribution in [2.45, 2.75) is 13.5 Å². The van der Waals surface area contributed by atoms with Gasteiger partial charge in [0.15, 0.2) is 0 Å². The molecule has 0 aliphatic heterocycles. The Morgan fingerprint density at radius 3 is 2.50 bits per heavy atom. The van der Waals surface area contributed by atoms with Crippen LogP contribution in [0.3, 0.4) is 0 Å². The van der Waals surface area contributed by atoms with E-state index >= 15 is 0 Å². The number of nitrogens with zero attached hydrogens (tertiary/aromatic N) is 1. The number of aromatic nitrogens is 1. The van der Waals surface area contributed by atoms with E-state index in [2.05, 4.69) is 0 Å². The van der Waals surface area contributed by atoms with Crippen LogP contribution in [-0.2, 0) is 11.3 Å². The van der Waals surface area contributed by atoms with Gasteiger partial charge in [-0.3, -0.25) is 0 Å². The Balaban J connectivity index is 2.43. The van der Waals surface area contributed by atoms with E-state index in [1.54, 1.807) is 0 Å². The molecule has 0 fully saturated rings. The Labute approximate surface area is 106 Å². The summed E-state index contributed by atoms with van der Waals surface area (Å²) in [5.41, 5.74) is 8.96. The Kier molecular flexibility index (Phi) is 3.37. The molecule has 94 valence electrons. The van der Waals surface area contributed by atoms with Gasteiger partial charge in [-0.1, -0.05) is 12.1 Å². The number of benzene rings is 1. The fourth-order valence-corrected chi connectivity index (χ4v) is 1.88. The number of nitrogen functional groups attached to an aromatic ring is 1. The molecule has 18 heavy (non-hydrogen) atoms.